The molecule has 7 heteroatoms. The maximum Gasteiger partial charge on any atom is 0.134 e. The molecule has 29 heavy (non-hydrogen) atoms. The zero-order valence-corrected chi connectivity index (χ0v) is 17.1. The summed E-state index contributed by atoms with van der Waals surface area (Å²) in [5.41, 5.74) is 0.971. The van der Waals surface area contributed by atoms with E-state index in [0.29, 0.717) is 25.7 Å². The molecule has 2 fully saturated rings. The van der Waals surface area contributed by atoms with Gasteiger partial charge in [0.25, 0.3) is 0 Å². The van der Waals surface area contributed by atoms with Gasteiger partial charge in [-0.05, 0) is 36.5 Å². The monoisotopic (exact) mass is 399 g/mol. The van der Waals surface area contributed by atoms with Gasteiger partial charge < -0.3 is 15.0 Å². The predicted octanol–water partition coefficient (Wildman–Crippen LogP) is 3.34. The minimum Gasteiger partial charge on any atom is -0.379 e. The molecule has 2 unspecified atom stereocenters. The van der Waals surface area contributed by atoms with Crippen LogP contribution >= 0.6 is 0 Å². The number of piperidine rings is 1. The Morgan fingerprint density at radius 3 is 2.86 bits per heavy atom. The second-order valence-corrected chi connectivity index (χ2v) is 8.05. The molecule has 1 N–H and O–H groups in total. The average molecular weight is 400 g/mol. The normalized spacial score (nSPS) is 21.7. The number of aromatic nitrogens is 2. The Balaban J connectivity index is 1.47. The molecule has 2 aromatic rings. The number of nitrogens with zero attached hydrogens (tertiary/aromatic N) is 4. The van der Waals surface area contributed by atoms with E-state index in [1.807, 2.05) is 12.1 Å². The number of hydrogen-bond acceptors (Lipinski definition) is 6. The van der Waals surface area contributed by atoms with E-state index in [4.69, 9.17) is 4.74 Å². The quantitative estimate of drug-likeness (QED) is 0.804. The second-order valence-electron chi connectivity index (χ2n) is 8.05. The number of benzene rings is 1. The Bertz CT molecular complexity index is 798. The lowest BCUT2D eigenvalue weighted by atomic mass is 10.0. The molecule has 1 aromatic carbocycles. The Morgan fingerprint density at radius 2 is 2.07 bits per heavy atom. The third kappa shape index (κ3) is 5.22. The Kier molecular flexibility index (Phi) is 6.56. The van der Waals surface area contributed by atoms with Crippen molar-refractivity contribution in [2.24, 2.45) is 5.92 Å². The molecule has 0 amide bonds. The molecule has 2 atom stereocenters. The van der Waals surface area contributed by atoms with Gasteiger partial charge in [-0.3, -0.25) is 4.90 Å². The van der Waals surface area contributed by atoms with Crippen molar-refractivity contribution in [2.75, 3.05) is 56.2 Å². The summed E-state index contributed by atoms with van der Waals surface area (Å²) in [4.78, 5) is 13.6. The summed E-state index contributed by atoms with van der Waals surface area (Å²) < 4.78 is 19.4. The second kappa shape index (κ2) is 9.50. The molecular formula is C22H30FN5O. The van der Waals surface area contributed by atoms with Crippen LogP contribution in [-0.2, 0) is 4.74 Å². The number of rotatable bonds is 6. The van der Waals surface area contributed by atoms with E-state index < -0.39 is 0 Å². The molecule has 1 aromatic heterocycles. The minimum absolute atomic E-state index is 0.0584. The minimum atomic E-state index is -0.204. The summed E-state index contributed by atoms with van der Waals surface area (Å²) in [6.45, 7) is 8.10. The predicted molar refractivity (Wildman–Crippen MR) is 113 cm³/mol. The maximum atomic E-state index is 13.9. The molecule has 3 heterocycles. The van der Waals surface area contributed by atoms with Crippen LogP contribution in [0.1, 0.15) is 31.4 Å². The topological polar surface area (TPSA) is 53.5 Å². The summed E-state index contributed by atoms with van der Waals surface area (Å²) in [6.07, 6.45) is 4.11. The van der Waals surface area contributed by atoms with Gasteiger partial charge in [-0.15, -0.1) is 0 Å². The van der Waals surface area contributed by atoms with E-state index in [1.165, 1.54) is 18.9 Å². The number of hydrogen-bond donors (Lipinski definition) is 1. The molecule has 2 aliphatic rings. The third-order valence-electron chi connectivity index (χ3n) is 5.83. The van der Waals surface area contributed by atoms with Gasteiger partial charge in [0.2, 0.25) is 0 Å². The summed E-state index contributed by atoms with van der Waals surface area (Å²) in [7, 11) is 0. The van der Waals surface area contributed by atoms with Gasteiger partial charge >= 0.3 is 0 Å². The lowest BCUT2D eigenvalue weighted by Crippen LogP contribution is -2.41. The summed E-state index contributed by atoms with van der Waals surface area (Å²) in [6, 6.07) is 8.97. The number of anilines is 2. The SMILES string of the molecule is CC1CCCN(c2cc(NCC(c3cccc(F)c3)N3CCOCC3)ncn2)C1. The highest BCUT2D eigenvalue weighted by molar-refractivity contribution is 5.49. The third-order valence-corrected chi connectivity index (χ3v) is 5.83. The molecule has 4 rings (SSSR count). The van der Waals surface area contributed by atoms with Gasteiger partial charge in [-0.1, -0.05) is 19.1 Å². The smallest absolute Gasteiger partial charge is 0.134 e. The number of morpholine rings is 1. The van der Waals surface area contributed by atoms with Crippen LogP contribution in [0, 0.1) is 11.7 Å². The van der Waals surface area contributed by atoms with Gasteiger partial charge in [-0.2, -0.15) is 0 Å². The fourth-order valence-electron chi connectivity index (χ4n) is 4.28. The van der Waals surface area contributed by atoms with Gasteiger partial charge in [0.05, 0.1) is 19.3 Å². The van der Waals surface area contributed by atoms with E-state index >= 15 is 0 Å². The lowest BCUT2D eigenvalue weighted by Gasteiger charge is -2.35. The van der Waals surface area contributed by atoms with Gasteiger partial charge in [-0.25, -0.2) is 14.4 Å². The highest BCUT2D eigenvalue weighted by atomic mass is 19.1. The molecule has 2 aliphatic heterocycles. The summed E-state index contributed by atoms with van der Waals surface area (Å²) in [5, 5.41) is 3.47. The van der Waals surface area contributed by atoms with Crippen LogP contribution in [0.3, 0.4) is 0 Å². The highest BCUT2D eigenvalue weighted by Gasteiger charge is 2.23. The van der Waals surface area contributed by atoms with Crippen molar-refractivity contribution in [1.82, 2.24) is 14.9 Å². The average Bonchev–Trinajstić information content (AvgIpc) is 2.75. The van der Waals surface area contributed by atoms with Crippen molar-refractivity contribution in [1.29, 1.82) is 0 Å². The zero-order valence-electron chi connectivity index (χ0n) is 17.1. The number of ether oxygens (including phenoxy) is 1. The van der Waals surface area contributed by atoms with E-state index in [9.17, 15) is 4.39 Å². The van der Waals surface area contributed by atoms with Crippen LogP contribution in [0.25, 0.3) is 0 Å². The van der Waals surface area contributed by atoms with Gasteiger partial charge in [0.15, 0.2) is 0 Å². The maximum absolute atomic E-state index is 13.9. The first-order chi connectivity index (χ1) is 14.2. The first-order valence-electron chi connectivity index (χ1n) is 10.6. The zero-order chi connectivity index (χ0) is 20.1. The number of halogens is 1. The molecule has 0 aliphatic carbocycles. The van der Waals surface area contributed by atoms with E-state index in [2.05, 4.69) is 32.0 Å². The molecule has 0 radical (unpaired) electrons. The fraction of sp³-hybridized carbons (Fsp3) is 0.545. The highest BCUT2D eigenvalue weighted by Crippen LogP contribution is 2.25. The summed E-state index contributed by atoms with van der Waals surface area (Å²) >= 11 is 0. The van der Waals surface area contributed by atoms with Gasteiger partial charge in [0.1, 0.15) is 23.8 Å². The Hall–Kier alpha value is -2.25. The van der Waals surface area contributed by atoms with Crippen molar-refractivity contribution in [2.45, 2.75) is 25.8 Å². The van der Waals surface area contributed by atoms with Crippen LogP contribution in [0.15, 0.2) is 36.7 Å². The summed E-state index contributed by atoms with van der Waals surface area (Å²) in [5.74, 6) is 2.27. The van der Waals surface area contributed by atoms with Crippen LogP contribution in [0.4, 0.5) is 16.0 Å². The molecule has 0 spiro atoms. The molecule has 0 bridgehead atoms. The van der Waals surface area contributed by atoms with Crippen molar-refractivity contribution in [3.8, 4) is 0 Å². The Labute approximate surface area is 172 Å². The van der Waals surface area contributed by atoms with E-state index in [0.717, 1.165) is 43.4 Å². The largest absolute Gasteiger partial charge is 0.379 e. The van der Waals surface area contributed by atoms with E-state index in [-0.39, 0.29) is 11.9 Å². The van der Waals surface area contributed by atoms with Crippen LogP contribution in [-0.4, -0.2) is 60.8 Å². The van der Waals surface area contributed by atoms with Crippen molar-refractivity contribution < 1.29 is 9.13 Å². The standard InChI is InChI=1S/C22H30FN5O/c1-17-4-3-7-28(15-17)22-13-21(25-16-26-22)24-14-20(27-8-10-29-11-9-27)18-5-2-6-19(23)12-18/h2,5-6,12-13,16-17,20H,3-4,7-11,14-15H2,1H3,(H,24,25,26). The van der Waals surface area contributed by atoms with Crippen molar-refractivity contribution >= 4 is 11.6 Å². The van der Waals surface area contributed by atoms with Crippen LogP contribution in [0.5, 0.6) is 0 Å². The first kappa shape index (κ1) is 20.0. The van der Waals surface area contributed by atoms with Crippen molar-refractivity contribution in [3.05, 3.63) is 48.0 Å². The van der Waals surface area contributed by atoms with E-state index in [1.54, 1.807) is 18.5 Å². The molecule has 156 valence electrons. The van der Waals surface area contributed by atoms with Crippen LogP contribution < -0.4 is 10.2 Å². The molecule has 0 saturated carbocycles. The first-order valence-corrected chi connectivity index (χ1v) is 10.6. The molecular weight excluding hydrogens is 369 g/mol. The lowest BCUT2D eigenvalue weighted by molar-refractivity contribution is 0.0186. The van der Waals surface area contributed by atoms with Gasteiger partial charge in [0, 0.05) is 38.8 Å². The molecule has 2 saturated heterocycles. The van der Waals surface area contributed by atoms with Crippen LogP contribution in [0.2, 0.25) is 0 Å². The number of nitrogens with one attached hydrogen (secondary N) is 1. The molecule has 6 nitrogen and oxygen atoms in total. The van der Waals surface area contributed by atoms with Crippen molar-refractivity contribution in [3.63, 3.8) is 0 Å². The fourth-order valence-corrected chi connectivity index (χ4v) is 4.28. The Morgan fingerprint density at radius 1 is 1.21 bits per heavy atom.